The Morgan fingerprint density at radius 2 is 2.20 bits per heavy atom. The van der Waals surface area contributed by atoms with Crippen molar-refractivity contribution in [1.82, 2.24) is 14.5 Å². The van der Waals surface area contributed by atoms with Gasteiger partial charge in [-0.2, -0.15) is 0 Å². The molecule has 3 aromatic heterocycles. The van der Waals surface area contributed by atoms with Crippen LogP contribution < -0.4 is 0 Å². The monoisotopic (exact) mass is 309 g/mol. The molecule has 0 N–H and O–H groups in total. The highest BCUT2D eigenvalue weighted by Gasteiger charge is 2.12. The van der Waals surface area contributed by atoms with Crippen molar-refractivity contribution in [3.63, 3.8) is 0 Å². The number of furan rings is 1. The average Bonchev–Trinajstić information content (AvgIpc) is 3.04. The van der Waals surface area contributed by atoms with E-state index in [-0.39, 0.29) is 0 Å². The standard InChI is InChI=1S/C14H13Cl2N3O/c15-5-3-13-18-12-8-10(16)9-17-14(12)19(13)6-4-11-2-1-7-20-11/h1-2,7-9H,3-6H2. The fraction of sp³-hybridized carbons (Fsp3) is 0.286. The Kier molecular flexibility index (Phi) is 3.94. The zero-order valence-corrected chi connectivity index (χ0v) is 12.2. The number of nitrogens with zero attached hydrogens (tertiary/aromatic N) is 3. The second-order valence-corrected chi connectivity index (χ2v) is 5.26. The number of fused-ring (bicyclic) bond motifs is 1. The molecule has 6 heteroatoms. The van der Waals surface area contributed by atoms with Gasteiger partial charge in [-0.25, -0.2) is 9.97 Å². The van der Waals surface area contributed by atoms with Crippen LogP contribution in [0.4, 0.5) is 0 Å². The lowest BCUT2D eigenvalue weighted by Crippen LogP contribution is -2.07. The van der Waals surface area contributed by atoms with Crippen molar-refractivity contribution in [3.05, 3.63) is 47.3 Å². The average molecular weight is 310 g/mol. The third-order valence-electron chi connectivity index (χ3n) is 3.11. The number of hydrogen-bond donors (Lipinski definition) is 0. The topological polar surface area (TPSA) is 43.9 Å². The molecular weight excluding hydrogens is 297 g/mol. The molecule has 0 atom stereocenters. The van der Waals surface area contributed by atoms with Crippen LogP contribution in [-0.2, 0) is 19.4 Å². The number of halogens is 2. The lowest BCUT2D eigenvalue weighted by atomic mass is 10.3. The minimum absolute atomic E-state index is 0.526. The van der Waals surface area contributed by atoms with Crippen molar-refractivity contribution in [1.29, 1.82) is 0 Å². The van der Waals surface area contributed by atoms with E-state index >= 15 is 0 Å². The number of hydrogen-bond acceptors (Lipinski definition) is 3. The first-order valence-electron chi connectivity index (χ1n) is 6.37. The smallest absolute Gasteiger partial charge is 0.160 e. The molecular formula is C14H13Cl2N3O. The first-order chi connectivity index (χ1) is 9.78. The Morgan fingerprint density at radius 3 is 2.95 bits per heavy atom. The maximum absolute atomic E-state index is 5.96. The molecule has 0 saturated carbocycles. The van der Waals surface area contributed by atoms with E-state index in [1.807, 2.05) is 18.2 Å². The van der Waals surface area contributed by atoms with Crippen LogP contribution in [0, 0.1) is 0 Å². The van der Waals surface area contributed by atoms with E-state index < -0.39 is 0 Å². The highest BCUT2D eigenvalue weighted by atomic mass is 35.5. The van der Waals surface area contributed by atoms with Gasteiger partial charge in [-0.1, -0.05) is 11.6 Å². The quantitative estimate of drug-likeness (QED) is 0.675. The number of imidazole rings is 1. The summed E-state index contributed by atoms with van der Waals surface area (Å²) in [5, 5.41) is 0.589. The minimum atomic E-state index is 0.526. The molecule has 4 nitrogen and oxygen atoms in total. The van der Waals surface area contributed by atoms with E-state index in [0.717, 1.165) is 35.7 Å². The first-order valence-corrected chi connectivity index (χ1v) is 7.28. The maximum Gasteiger partial charge on any atom is 0.160 e. The zero-order valence-electron chi connectivity index (χ0n) is 10.7. The van der Waals surface area contributed by atoms with Crippen LogP contribution in [0.25, 0.3) is 11.2 Å². The van der Waals surface area contributed by atoms with Gasteiger partial charge in [0, 0.05) is 31.5 Å². The molecule has 3 heterocycles. The molecule has 0 radical (unpaired) electrons. The lowest BCUT2D eigenvalue weighted by molar-refractivity contribution is 0.490. The summed E-state index contributed by atoms with van der Waals surface area (Å²) < 4.78 is 7.44. The van der Waals surface area contributed by atoms with Gasteiger partial charge in [0.2, 0.25) is 0 Å². The summed E-state index contributed by atoms with van der Waals surface area (Å²) in [5.41, 5.74) is 1.64. The predicted octanol–water partition coefficient (Wildman–Crippen LogP) is 3.70. The van der Waals surface area contributed by atoms with Gasteiger partial charge in [-0.15, -0.1) is 11.6 Å². The molecule has 0 unspecified atom stereocenters. The second-order valence-electron chi connectivity index (χ2n) is 4.44. The van der Waals surface area contributed by atoms with Crippen molar-refractivity contribution in [2.24, 2.45) is 0 Å². The largest absolute Gasteiger partial charge is 0.469 e. The van der Waals surface area contributed by atoms with Gasteiger partial charge in [0.25, 0.3) is 0 Å². The van der Waals surface area contributed by atoms with Crippen LogP contribution in [0.3, 0.4) is 0 Å². The van der Waals surface area contributed by atoms with Gasteiger partial charge < -0.3 is 8.98 Å². The first kappa shape index (κ1) is 13.5. The molecule has 0 aromatic carbocycles. The fourth-order valence-corrected chi connectivity index (χ4v) is 2.54. The van der Waals surface area contributed by atoms with E-state index in [0.29, 0.717) is 17.3 Å². The predicted molar refractivity (Wildman–Crippen MR) is 79.4 cm³/mol. The third-order valence-corrected chi connectivity index (χ3v) is 3.51. The summed E-state index contributed by atoms with van der Waals surface area (Å²) in [7, 11) is 0. The number of aryl methyl sites for hydroxylation is 3. The number of alkyl halides is 1. The van der Waals surface area contributed by atoms with Crippen LogP contribution in [0.5, 0.6) is 0 Å². The van der Waals surface area contributed by atoms with Crippen molar-refractivity contribution in [2.45, 2.75) is 19.4 Å². The van der Waals surface area contributed by atoms with Crippen molar-refractivity contribution in [2.75, 3.05) is 5.88 Å². The Morgan fingerprint density at radius 1 is 1.30 bits per heavy atom. The maximum atomic E-state index is 5.96. The summed E-state index contributed by atoms with van der Waals surface area (Å²) in [6.07, 6.45) is 4.81. The second kappa shape index (κ2) is 5.85. The van der Waals surface area contributed by atoms with Crippen LogP contribution in [0.15, 0.2) is 35.1 Å². The molecule has 0 aliphatic carbocycles. The molecule has 3 aromatic rings. The summed E-state index contributed by atoms with van der Waals surface area (Å²) >= 11 is 11.8. The van der Waals surface area contributed by atoms with Gasteiger partial charge in [0.15, 0.2) is 5.65 Å². The summed E-state index contributed by atoms with van der Waals surface area (Å²) in [6.45, 7) is 0.755. The van der Waals surface area contributed by atoms with E-state index in [1.54, 1.807) is 12.5 Å². The van der Waals surface area contributed by atoms with Crippen molar-refractivity contribution >= 4 is 34.4 Å². The Labute approximate surface area is 126 Å². The molecule has 0 fully saturated rings. The molecule has 0 bridgehead atoms. The molecule has 0 amide bonds. The Hall–Kier alpha value is -1.52. The normalized spacial score (nSPS) is 11.3. The SMILES string of the molecule is ClCCc1nc2cc(Cl)cnc2n1CCc1ccco1. The van der Waals surface area contributed by atoms with Crippen molar-refractivity contribution < 1.29 is 4.42 Å². The lowest BCUT2D eigenvalue weighted by Gasteiger charge is -2.06. The fourth-order valence-electron chi connectivity index (χ4n) is 2.22. The number of aromatic nitrogens is 3. The Bertz CT molecular complexity index is 707. The summed E-state index contributed by atoms with van der Waals surface area (Å²) in [5.74, 6) is 2.40. The third kappa shape index (κ3) is 2.67. The van der Waals surface area contributed by atoms with Gasteiger partial charge in [0.1, 0.15) is 17.1 Å². The van der Waals surface area contributed by atoms with Gasteiger partial charge in [0.05, 0.1) is 11.3 Å². The highest BCUT2D eigenvalue weighted by Crippen LogP contribution is 2.19. The molecule has 0 aliphatic rings. The Balaban J connectivity index is 1.95. The summed E-state index contributed by atoms with van der Waals surface area (Å²) in [6, 6.07) is 5.68. The zero-order chi connectivity index (χ0) is 13.9. The van der Waals surface area contributed by atoms with E-state index in [9.17, 15) is 0 Å². The summed E-state index contributed by atoms with van der Waals surface area (Å²) in [4.78, 5) is 8.94. The van der Waals surface area contributed by atoms with E-state index in [4.69, 9.17) is 27.6 Å². The van der Waals surface area contributed by atoms with E-state index in [2.05, 4.69) is 14.5 Å². The van der Waals surface area contributed by atoms with Crippen LogP contribution in [-0.4, -0.2) is 20.4 Å². The molecule has 0 spiro atoms. The van der Waals surface area contributed by atoms with Gasteiger partial charge in [-0.3, -0.25) is 0 Å². The van der Waals surface area contributed by atoms with Gasteiger partial charge >= 0.3 is 0 Å². The van der Waals surface area contributed by atoms with Crippen LogP contribution >= 0.6 is 23.2 Å². The molecule has 104 valence electrons. The number of rotatable bonds is 5. The van der Waals surface area contributed by atoms with Crippen LogP contribution in [0.2, 0.25) is 5.02 Å². The number of pyridine rings is 1. The minimum Gasteiger partial charge on any atom is -0.469 e. The highest BCUT2D eigenvalue weighted by molar-refractivity contribution is 6.31. The molecule has 20 heavy (non-hydrogen) atoms. The van der Waals surface area contributed by atoms with Crippen molar-refractivity contribution in [3.8, 4) is 0 Å². The molecule has 0 aliphatic heterocycles. The molecule has 3 rings (SSSR count). The molecule has 0 saturated heterocycles. The van der Waals surface area contributed by atoms with Gasteiger partial charge in [-0.05, 0) is 18.2 Å². The van der Waals surface area contributed by atoms with E-state index in [1.165, 1.54) is 0 Å². The van der Waals surface area contributed by atoms with Crippen LogP contribution in [0.1, 0.15) is 11.6 Å².